The van der Waals surface area contributed by atoms with Crippen molar-refractivity contribution in [1.82, 2.24) is 20.8 Å². The molecule has 2 fully saturated rings. The highest BCUT2D eigenvalue weighted by Crippen LogP contribution is 2.31. The molecule has 1 amide bonds. The van der Waals surface area contributed by atoms with Gasteiger partial charge in [0.25, 0.3) is 11.6 Å². The summed E-state index contributed by atoms with van der Waals surface area (Å²) in [6.45, 7) is 3.72. The highest BCUT2D eigenvalue weighted by Gasteiger charge is 2.29. The maximum atomic E-state index is 12.5. The van der Waals surface area contributed by atoms with E-state index in [-0.39, 0.29) is 5.91 Å². The third-order valence-electron chi connectivity index (χ3n) is 4.21. The number of nitrogens with zero attached hydrogens (tertiary/aromatic N) is 2. The Balaban J connectivity index is 1.82. The minimum Gasteiger partial charge on any atom is -0.349 e. The van der Waals surface area contributed by atoms with Crippen molar-refractivity contribution in [1.29, 1.82) is 0 Å². The molecule has 110 valence electrons. The zero-order valence-electron chi connectivity index (χ0n) is 12.0. The van der Waals surface area contributed by atoms with Crippen molar-refractivity contribution >= 4 is 17.0 Å². The van der Waals surface area contributed by atoms with Gasteiger partial charge in [0.15, 0.2) is 0 Å². The summed E-state index contributed by atoms with van der Waals surface area (Å²) in [6.07, 6.45) is 3.16. The Bertz CT molecular complexity index is 699. The van der Waals surface area contributed by atoms with Gasteiger partial charge in [0.05, 0.1) is 16.6 Å². The lowest BCUT2D eigenvalue weighted by atomic mass is 9.99. The van der Waals surface area contributed by atoms with Crippen molar-refractivity contribution in [3.63, 3.8) is 0 Å². The summed E-state index contributed by atoms with van der Waals surface area (Å²) < 4.78 is 5.38. The van der Waals surface area contributed by atoms with E-state index in [0.717, 1.165) is 49.1 Å². The van der Waals surface area contributed by atoms with Gasteiger partial charge in [-0.05, 0) is 38.8 Å². The van der Waals surface area contributed by atoms with Crippen LogP contribution in [-0.4, -0.2) is 35.2 Å². The van der Waals surface area contributed by atoms with Crippen LogP contribution in [-0.2, 0) is 0 Å². The molecule has 2 aromatic rings. The van der Waals surface area contributed by atoms with Crippen LogP contribution in [0.5, 0.6) is 0 Å². The Kier molecular flexibility index (Phi) is 2.92. The highest BCUT2D eigenvalue weighted by molar-refractivity contribution is 6.06. The lowest BCUT2D eigenvalue weighted by Gasteiger charge is -2.08. The Morgan fingerprint density at radius 2 is 2.29 bits per heavy atom. The Morgan fingerprint density at radius 1 is 1.43 bits per heavy atom. The Labute approximate surface area is 122 Å². The second-order valence-electron chi connectivity index (χ2n) is 6.00. The molecule has 1 unspecified atom stereocenters. The van der Waals surface area contributed by atoms with Gasteiger partial charge < -0.3 is 15.2 Å². The summed E-state index contributed by atoms with van der Waals surface area (Å²) in [7, 11) is 0. The number of hydrogen-bond donors (Lipinski definition) is 2. The molecule has 1 aliphatic heterocycles. The fourth-order valence-corrected chi connectivity index (χ4v) is 2.93. The number of nitrogens with one attached hydrogen (secondary N) is 2. The van der Waals surface area contributed by atoms with Crippen molar-refractivity contribution in [3.05, 3.63) is 23.0 Å². The summed E-state index contributed by atoms with van der Waals surface area (Å²) in [4.78, 5) is 16.9. The predicted molar refractivity (Wildman–Crippen MR) is 77.3 cm³/mol. The standard InChI is InChI=1S/C15H18N4O2/c1-8-6-11(14(20)18-10-2-3-10)12-13(9-4-5-16-7-9)19-21-15(12)17-8/h6,9-10,16H,2-5,7H2,1H3,(H,18,20). The molecule has 0 radical (unpaired) electrons. The monoisotopic (exact) mass is 286 g/mol. The number of fused-ring (bicyclic) bond motifs is 1. The van der Waals surface area contributed by atoms with Gasteiger partial charge in [-0.3, -0.25) is 4.79 Å². The number of carbonyl (C=O) groups excluding carboxylic acids is 1. The van der Waals surface area contributed by atoms with Crippen molar-refractivity contribution in [2.75, 3.05) is 13.1 Å². The molecule has 21 heavy (non-hydrogen) atoms. The van der Waals surface area contributed by atoms with E-state index in [1.165, 1.54) is 0 Å². The topological polar surface area (TPSA) is 80.0 Å². The van der Waals surface area contributed by atoms with Gasteiger partial charge in [-0.1, -0.05) is 5.16 Å². The number of carbonyl (C=O) groups is 1. The number of aryl methyl sites for hydroxylation is 1. The van der Waals surface area contributed by atoms with Crippen LogP contribution in [0.15, 0.2) is 10.6 Å². The molecule has 3 heterocycles. The molecule has 1 saturated heterocycles. The van der Waals surface area contributed by atoms with Crippen molar-refractivity contribution in [3.8, 4) is 0 Å². The summed E-state index contributed by atoms with van der Waals surface area (Å²) in [5, 5.41) is 11.4. The van der Waals surface area contributed by atoms with Gasteiger partial charge in [-0.2, -0.15) is 0 Å². The first-order valence-corrected chi connectivity index (χ1v) is 7.51. The van der Waals surface area contributed by atoms with Gasteiger partial charge in [0.2, 0.25) is 0 Å². The fraction of sp³-hybridized carbons (Fsp3) is 0.533. The van der Waals surface area contributed by atoms with E-state index in [2.05, 4.69) is 20.8 Å². The summed E-state index contributed by atoms with van der Waals surface area (Å²) in [5.41, 5.74) is 2.75. The van der Waals surface area contributed by atoms with Crippen molar-refractivity contribution < 1.29 is 9.32 Å². The second-order valence-corrected chi connectivity index (χ2v) is 6.00. The normalized spacial score (nSPS) is 21.9. The van der Waals surface area contributed by atoms with E-state index in [1.807, 2.05) is 13.0 Å². The van der Waals surface area contributed by atoms with Gasteiger partial charge >= 0.3 is 0 Å². The number of hydrogen-bond acceptors (Lipinski definition) is 5. The van der Waals surface area contributed by atoms with Crippen LogP contribution >= 0.6 is 0 Å². The van der Waals surface area contributed by atoms with Crippen LogP contribution < -0.4 is 10.6 Å². The van der Waals surface area contributed by atoms with Crippen LogP contribution in [0.2, 0.25) is 0 Å². The molecule has 2 N–H and O–H groups in total. The second kappa shape index (κ2) is 4.80. The summed E-state index contributed by atoms with van der Waals surface area (Å²) >= 11 is 0. The molecule has 2 aromatic heterocycles. The molecule has 4 rings (SSSR count). The van der Waals surface area contributed by atoms with E-state index < -0.39 is 0 Å². The zero-order chi connectivity index (χ0) is 14.4. The van der Waals surface area contributed by atoms with Crippen LogP contribution in [0.4, 0.5) is 0 Å². The molecule has 0 bridgehead atoms. The molecule has 1 aliphatic carbocycles. The van der Waals surface area contributed by atoms with E-state index in [0.29, 0.717) is 23.2 Å². The number of amides is 1. The minimum absolute atomic E-state index is 0.0385. The molecule has 6 nitrogen and oxygen atoms in total. The molecular weight excluding hydrogens is 268 g/mol. The van der Waals surface area contributed by atoms with E-state index >= 15 is 0 Å². The van der Waals surface area contributed by atoms with Crippen LogP contribution in [0, 0.1) is 6.92 Å². The lowest BCUT2D eigenvalue weighted by Crippen LogP contribution is -2.26. The molecule has 0 aromatic carbocycles. The average Bonchev–Trinajstić information content (AvgIpc) is 2.97. The largest absolute Gasteiger partial charge is 0.349 e. The fourth-order valence-electron chi connectivity index (χ4n) is 2.93. The summed E-state index contributed by atoms with van der Waals surface area (Å²) in [6, 6.07) is 2.17. The number of pyridine rings is 1. The average molecular weight is 286 g/mol. The molecule has 6 heteroatoms. The maximum Gasteiger partial charge on any atom is 0.259 e. The van der Waals surface area contributed by atoms with Crippen molar-refractivity contribution in [2.45, 2.75) is 38.1 Å². The Hall–Kier alpha value is -1.95. The maximum absolute atomic E-state index is 12.5. The van der Waals surface area contributed by atoms with E-state index in [9.17, 15) is 4.79 Å². The predicted octanol–water partition coefficient (Wildman–Crippen LogP) is 1.50. The first-order valence-electron chi connectivity index (χ1n) is 7.51. The number of rotatable bonds is 3. The van der Waals surface area contributed by atoms with Gasteiger partial charge in [-0.15, -0.1) is 0 Å². The van der Waals surface area contributed by atoms with Crippen molar-refractivity contribution in [2.24, 2.45) is 0 Å². The highest BCUT2D eigenvalue weighted by atomic mass is 16.5. The molecule has 1 saturated carbocycles. The zero-order valence-corrected chi connectivity index (χ0v) is 12.0. The third-order valence-corrected chi connectivity index (χ3v) is 4.21. The molecule has 0 spiro atoms. The van der Waals surface area contributed by atoms with Crippen LogP contribution in [0.1, 0.15) is 46.9 Å². The minimum atomic E-state index is -0.0385. The molecule has 2 aliphatic rings. The first kappa shape index (κ1) is 12.8. The quantitative estimate of drug-likeness (QED) is 0.894. The first-order chi connectivity index (χ1) is 10.2. The smallest absolute Gasteiger partial charge is 0.259 e. The van der Waals surface area contributed by atoms with Gasteiger partial charge in [0.1, 0.15) is 0 Å². The Morgan fingerprint density at radius 3 is 3.00 bits per heavy atom. The van der Waals surface area contributed by atoms with Gasteiger partial charge in [-0.25, -0.2) is 4.98 Å². The number of aromatic nitrogens is 2. The molecule has 1 atom stereocenters. The van der Waals surface area contributed by atoms with E-state index in [1.54, 1.807) is 0 Å². The van der Waals surface area contributed by atoms with Crippen LogP contribution in [0.3, 0.4) is 0 Å². The third kappa shape index (κ3) is 2.29. The lowest BCUT2D eigenvalue weighted by molar-refractivity contribution is 0.0952. The van der Waals surface area contributed by atoms with Crippen LogP contribution in [0.25, 0.3) is 11.1 Å². The summed E-state index contributed by atoms with van der Waals surface area (Å²) in [5.74, 6) is 0.256. The molecular formula is C15H18N4O2. The van der Waals surface area contributed by atoms with E-state index in [4.69, 9.17) is 4.52 Å². The van der Waals surface area contributed by atoms with Gasteiger partial charge in [0, 0.05) is 24.2 Å². The SMILES string of the molecule is Cc1cc(C(=O)NC2CC2)c2c(C3CCNC3)noc2n1.